The lowest BCUT2D eigenvalue weighted by atomic mass is 10.1. The minimum absolute atomic E-state index is 0.376. The fraction of sp³-hybridized carbons (Fsp3) is 0.120. The second-order valence-electron chi connectivity index (χ2n) is 7.21. The molecule has 1 N–H and O–H groups in total. The number of ether oxygens (including phenoxy) is 2. The Morgan fingerprint density at radius 2 is 1.79 bits per heavy atom. The number of fused-ring (bicyclic) bond motifs is 1. The van der Waals surface area contributed by atoms with E-state index in [0.717, 1.165) is 22.5 Å². The lowest BCUT2D eigenvalue weighted by Gasteiger charge is -2.12. The van der Waals surface area contributed by atoms with Gasteiger partial charge in [0, 0.05) is 5.69 Å². The van der Waals surface area contributed by atoms with Crippen molar-refractivity contribution < 1.29 is 14.3 Å². The second kappa shape index (κ2) is 9.98. The van der Waals surface area contributed by atoms with Gasteiger partial charge in [-0.25, -0.2) is 9.78 Å². The predicted octanol–water partition coefficient (Wildman–Crippen LogP) is 6.49. The average Bonchev–Trinajstić information content (AvgIpc) is 3.14. The van der Waals surface area contributed by atoms with E-state index in [1.807, 2.05) is 41.0 Å². The Bertz CT molecular complexity index is 1300. The van der Waals surface area contributed by atoms with Crippen molar-refractivity contribution in [1.82, 2.24) is 9.55 Å². The van der Waals surface area contributed by atoms with Gasteiger partial charge in [0.2, 0.25) is 5.95 Å². The van der Waals surface area contributed by atoms with Gasteiger partial charge in [-0.15, -0.1) is 0 Å². The number of esters is 1. The van der Waals surface area contributed by atoms with Gasteiger partial charge in [-0.2, -0.15) is 0 Å². The predicted molar refractivity (Wildman–Crippen MR) is 132 cm³/mol. The maximum atomic E-state index is 11.7. The first kappa shape index (κ1) is 22.7. The van der Waals surface area contributed by atoms with Gasteiger partial charge in [0.25, 0.3) is 0 Å². The van der Waals surface area contributed by atoms with E-state index in [1.54, 1.807) is 30.3 Å². The van der Waals surface area contributed by atoms with Crippen LogP contribution in [0.4, 0.5) is 11.6 Å². The molecule has 0 bridgehead atoms. The normalized spacial score (nSPS) is 10.8. The highest BCUT2D eigenvalue weighted by molar-refractivity contribution is 6.42. The molecule has 0 unspecified atom stereocenters. The molecule has 168 valence electrons. The van der Waals surface area contributed by atoms with Crippen molar-refractivity contribution in [3.05, 3.63) is 94.5 Å². The third kappa shape index (κ3) is 5.13. The molecule has 0 amide bonds. The Morgan fingerprint density at radius 1 is 1.09 bits per heavy atom. The number of imidazole rings is 1. The second-order valence-corrected chi connectivity index (χ2v) is 8.03. The Hall–Kier alpha value is -3.48. The quantitative estimate of drug-likeness (QED) is 0.230. The molecule has 8 heteroatoms. The number of anilines is 2. The number of methoxy groups -OCH3 is 1. The van der Waals surface area contributed by atoms with Crippen LogP contribution in [0.5, 0.6) is 5.75 Å². The summed E-state index contributed by atoms with van der Waals surface area (Å²) in [5.74, 6) is 0.997. The van der Waals surface area contributed by atoms with E-state index in [2.05, 4.69) is 11.9 Å². The van der Waals surface area contributed by atoms with Crippen molar-refractivity contribution in [1.29, 1.82) is 0 Å². The molecule has 0 aliphatic carbocycles. The summed E-state index contributed by atoms with van der Waals surface area (Å²) in [7, 11) is 1.36. The maximum Gasteiger partial charge on any atom is 0.337 e. The molecule has 0 aliphatic rings. The highest BCUT2D eigenvalue weighted by Crippen LogP contribution is 2.31. The molecular weight excluding hydrogens is 461 g/mol. The van der Waals surface area contributed by atoms with Gasteiger partial charge in [-0.05, 0) is 54.1 Å². The summed E-state index contributed by atoms with van der Waals surface area (Å²) in [6.07, 6.45) is 1.70. The summed E-state index contributed by atoms with van der Waals surface area (Å²) in [4.78, 5) is 16.5. The van der Waals surface area contributed by atoms with Gasteiger partial charge >= 0.3 is 5.97 Å². The van der Waals surface area contributed by atoms with E-state index >= 15 is 0 Å². The van der Waals surface area contributed by atoms with Gasteiger partial charge in [-0.1, -0.05) is 48.0 Å². The zero-order valence-corrected chi connectivity index (χ0v) is 19.4. The maximum absolute atomic E-state index is 11.7. The van der Waals surface area contributed by atoms with Gasteiger partial charge in [0.15, 0.2) is 0 Å². The molecule has 4 rings (SSSR count). The largest absolute Gasteiger partial charge is 0.490 e. The van der Waals surface area contributed by atoms with Crippen molar-refractivity contribution in [3.8, 4) is 5.75 Å². The molecule has 33 heavy (non-hydrogen) atoms. The van der Waals surface area contributed by atoms with Crippen LogP contribution in [0, 0.1) is 0 Å². The Labute approximate surface area is 201 Å². The Morgan fingerprint density at radius 3 is 2.45 bits per heavy atom. The van der Waals surface area contributed by atoms with Crippen LogP contribution in [-0.2, 0) is 11.3 Å². The number of rotatable bonds is 8. The van der Waals surface area contributed by atoms with E-state index in [-0.39, 0.29) is 5.97 Å². The van der Waals surface area contributed by atoms with Crippen LogP contribution in [0.3, 0.4) is 0 Å². The number of nitrogens with zero attached hydrogens (tertiary/aromatic N) is 2. The third-order valence-corrected chi connectivity index (χ3v) is 5.71. The summed E-state index contributed by atoms with van der Waals surface area (Å²) in [6.45, 7) is 4.60. The van der Waals surface area contributed by atoms with Crippen molar-refractivity contribution in [2.75, 3.05) is 19.0 Å². The minimum atomic E-state index is -0.376. The lowest BCUT2D eigenvalue weighted by Crippen LogP contribution is -2.06. The van der Waals surface area contributed by atoms with E-state index in [9.17, 15) is 4.79 Å². The van der Waals surface area contributed by atoms with Crippen LogP contribution in [0.25, 0.3) is 11.0 Å². The SMILES string of the molecule is C=CCOc1ccc(Nc2nc3cc(Cl)c(Cl)cc3n2Cc2ccc(C(=O)OC)cc2)cc1. The number of halogens is 2. The van der Waals surface area contributed by atoms with E-state index in [1.165, 1.54) is 7.11 Å². The molecule has 0 spiro atoms. The summed E-state index contributed by atoms with van der Waals surface area (Å²) in [5, 5.41) is 4.24. The first-order valence-corrected chi connectivity index (χ1v) is 10.9. The zero-order chi connectivity index (χ0) is 23.4. The van der Waals surface area contributed by atoms with Crippen LogP contribution in [0.15, 0.2) is 73.3 Å². The Balaban J connectivity index is 1.68. The van der Waals surface area contributed by atoms with Crippen molar-refractivity contribution in [2.24, 2.45) is 0 Å². The Kier molecular flexibility index (Phi) is 6.87. The van der Waals surface area contributed by atoms with Crippen LogP contribution in [0.2, 0.25) is 10.0 Å². The van der Waals surface area contributed by atoms with E-state index in [4.69, 9.17) is 37.7 Å². The van der Waals surface area contributed by atoms with Crippen LogP contribution < -0.4 is 10.1 Å². The van der Waals surface area contributed by atoms with Crippen molar-refractivity contribution >= 4 is 51.8 Å². The molecule has 0 atom stereocenters. The monoisotopic (exact) mass is 481 g/mol. The lowest BCUT2D eigenvalue weighted by molar-refractivity contribution is 0.0600. The number of nitrogens with one attached hydrogen (secondary N) is 1. The van der Waals surface area contributed by atoms with Crippen molar-refractivity contribution in [3.63, 3.8) is 0 Å². The van der Waals surface area contributed by atoms with Crippen molar-refractivity contribution in [2.45, 2.75) is 6.54 Å². The number of carbonyl (C=O) groups excluding carboxylic acids is 1. The molecule has 4 aromatic rings. The molecule has 0 radical (unpaired) electrons. The molecule has 0 fully saturated rings. The molecule has 1 aromatic heterocycles. The van der Waals surface area contributed by atoms with Crippen LogP contribution in [0.1, 0.15) is 15.9 Å². The highest BCUT2D eigenvalue weighted by Gasteiger charge is 2.15. The summed E-state index contributed by atoms with van der Waals surface area (Å²) >= 11 is 12.5. The van der Waals surface area contributed by atoms with E-state index in [0.29, 0.717) is 40.2 Å². The van der Waals surface area contributed by atoms with Crippen LogP contribution in [-0.4, -0.2) is 29.2 Å². The summed E-state index contributed by atoms with van der Waals surface area (Å²) < 4.78 is 12.3. The molecule has 6 nitrogen and oxygen atoms in total. The standard InChI is InChI=1S/C25H21Cl2N3O3/c1-3-12-33-19-10-8-18(9-11-19)28-25-29-22-13-20(26)21(27)14-23(22)30(25)15-16-4-6-17(7-5-16)24(31)32-2/h3-11,13-14H,1,12,15H2,2H3,(H,28,29). The first-order valence-electron chi connectivity index (χ1n) is 10.1. The number of hydrogen-bond donors (Lipinski definition) is 1. The van der Waals surface area contributed by atoms with Gasteiger partial charge in [0.05, 0.1) is 40.3 Å². The molecule has 0 saturated heterocycles. The van der Waals surface area contributed by atoms with Gasteiger partial charge in [0.1, 0.15) is 12.4 Å². The fourth-order valence-electron chi connectivity index (χ4n) is 3.34. The molecular formula is C25H21Cl2N3O3. The summed E-state index contributed by atoms with van der Waals surface area (Å²) in [5.41, 5.74) is 3.85. The number of aromatic nitrogens is 2. The smallest absolute Gasteiger partial charge is 0.337 e. The summed E-state index contributed by atoms with van der Waals surface area (Å²) in [6, 6.07) is 18.3. The minimum Gasteiger partial charge on any atom is -0.490 e. The number of carbonyl (C=O) groups is 1. The van der Waals surface area contributed by atoms with E-state index < -0.39 is 0 Å². The highest BCUT2D eigenvalue weighted by atomic mass is 35.5. The fourth-order valence-corrected chi connectivity index (χ4v) is 3.66. The van der Waals surface area contributed by atoms with Gasteiger partial charge in [-0.3, -0.25) is 0 Å². The topological polar surface area (TPSA) is 65.4 Å². The molecule has 0 aliphatic heterocycles. The number of hydrogen-bond acceptors (Lipinski definition) is 5. The molecule has 0 saturated carbocycles. The molecule has 3 aromatic carbocycles. The van der Waals surface area contributed by atoms with Crippen LogP contribution >= 0.6 is 23.2 Å². The zero-order valence-electron chi connectivity index (χ0n) is 17.8. The van der Waals surface area contributed by atoms with Gasteiger partial charge < -0.3 is 19.4 Å². The number of benzene rings is 3. The third-order valence-electron chi connectivity index (χ3n) is 4.98. The average molecular weight is 482 g/mol. The molecule has 1 heterocycles. The first-order chi connectivity index (χ1) is 16.0.